The Labute approximate surface area is 116 Å². The van der Waals surface area contributed by atoms with E-state index in [2.05, 4.69) is 5.32 Å². The molecule has 98 valence electrons. The van der Waals surface area contributed by atoms with E-state index >= 15 is 0 Å². The summed E-state index contributed by atoms with van der Waals surface area (Å²) < 4.78 is 5.09. The Balaban J connectivity index is 1.97. The molecule has 0 radical (unpaired) electrons. The molecule has 19 heavy (non-hydrogen) atoms. The first kappa shape index (κ1) is 13.3. The predicted molar refractivity (Wildman–Crippen MR) is 76.9 cm³/mol. The van der Waals surface area contributed by atoms with Gasteiger partial charge in [-0.2, -0.15) is 0 Å². The van der Waals surface area contributed by atoms with Crippen molar-refractivity contribution < 1.29 is 9.21 Å². The summed E-state index contributed by atoms with van der Waals surface area (Å²) in [4.78, 5) is 12.2. The summed E-state index contributed by atoms with van der Waals surface area (Å²) in [6.07, 6.45) is 1.50. The van der Waals surface area contributed by atoms with Crippen LogP contribution in [0.15, 0.2) is 41.0 Å². The summed E-state index contributed by atoms with van der Waals surface area (Å²) in [6, 6.07) is 9.11. The number of carbonyl (C=O) groups is 1. The van der Waals surface area contributed by atoms with E-state index in [0.29, 0.717) is 22.9 Å². The van der Waals surface area contributed by atoms with E-state index in [4.69, 9.17) is 22.4 Å². The second-order valence-electron chi connectivity index (χ2n) is 4.13. The molecule has 1 heterocycles. The summed E-state index contributed by atoms with van der Waals surface area (Å²) >= 11 is 4.88. The zero-order valence-corrected chi connectivity index (χ0v) is 11.3. The maximum absolute atomic E-state index is 11.9. The van der Waals surface area contributed by atoms with Crippen LogP contribution in [-0.4, -0.2) is 10.9 Å². The van der Waals surface area contributed by atoms with E-state index in [-0.39, 0.29) is 5.91 Å². The van der Waals surface area contributed by atoms with Crippen LogP contribution in [0.3, 0.4) is 0 Å². The number of nitrogens with two attached hydrogens (primary N) is 1. The van der Waals surface area contributed by atoms with Crippen molar-refractivity contribution in [2.45, 2.75) is 13.5 Å². The van der Waals surface area contributed by atoms with Crippen molar-refractivity contribution in [2.75, 3.05) is 0 Å². The molecule has 1 aromatic heterocycles. The Morgan fingerprint density at radius 2 is 2.00 bits per heavy atom. The monoisotopic (exact) mass is 274 g/mol. The third kappa shape index (κ3) is 3.20. The van der Waals surface area contributed by atoms with Crippen LogP contribution in [0, 0.1) is 6.92 Å². The summed E-state index contributed by atoms with van der Waals surface area (Å²) in [6.45, 7) is 2.20. The maximum Gasteiger partial charge on any atom is 0.255 e. The normalized spacial score (nSPS) is 10.2. The first-order valence-corrected chi connectivity index (χ1v) is 6.20. The van der Waals surface area contributed by atoms with Crippen molar-refractivity contribution in [3.8, 4) is 0 Å². The van der Waals surface area contributed by atoms with E-state index < -0.39 is 0 Å². The van der Waals surface area contributed by atoms with E-state index in [0.717, 1.165) is 11.1 Å². The quantitative estimate of drug-likeness (QED) is 0.838. The second kappa shape index (κ2) is 5.67. The number of aryl methyl sites for hydroxylation is 1. The Morgan fingerprint density at radius 3 is 2.53 bits per heavy atom. The number of nitrogens with one attached hydrogen (secondary N) is 1. The lowest BCUT2D eigenvalue weighted by molar-refractivity contribution is 0.0949. The van der Waals surface area contributed by atoms with E-state index in [1.807, 2.05) is 24.3 Å². The van der Waals surface area contributed by atoms with Gasteiger partial charge in [-0.3, -0.25) is 4.79 Å². The average molecular weight is 274 g/mol. The highest BCUT2D eigenvalue weighted by Crippen LogP contribution is 2.09. The van der Waals surface area contributed by atoms with E-state index in [1.54, 1.807) is 13.0 Å². The van der Waals surface area contributed by atoms with Gasteiger partial charge < -0.3 is 15.5 Å². The van der Waals surface area contributed by atoms with Crippen LogP contribution in [0.2, 0.25) is 0 Å². The molecule has 2 aromatic rings. The highest BCUT2D eigenvalue weighted by Gasteiger charge is 2.10. The molecular formula is C14H14N2O2S. The number of benzene rings is 1. The number of rotatable bonds is 4. The number of amides is 1. The molecule has 0 saturated carbocycles. The molecule has 0 unspecified atom stereocenters. The van der Waals surface area contributed by atoms with Gasteiger partial charge in [-0.15, -0.1) is 0 Å². The third-order valence-corrected chi connectivity index (χ3v) is 3.03. The summed E-state index contributed by atoms with van der Waals surface area (Å²) in [5.74, 6) is 0.464. The first-order chi connectivity index (χ1) is 9.08. The van der Waals surface area contributed by atoms with Gasteiger partial charge in [0.25, 0.3) is 5.91 Å². The van der Waals surface area contributed by atoms with Crippen LogP contribution in [-0.2, 0) is 6.54 Å². The van der Waals surface area contributed by atoms with Gasteiger partial charge in [0.05, 0.1) is 11.8 Å². The fraction of sp³-hybridized carbons (Fsp3) is 0.143. The number of hydrogen-bond donors (Lipinski definition) is 2. The molecule has 2 rings (SSSR count). The van der Waals surface area contributed by atoms with E-state index in [1.165, 1.54) is 6.26 Å². The Hall–Kier alpha value is -2.14. The van der Waals surface area contributed by atoms with Gasteiger partial charge in [0.1, 0.15) is 10.7 Å². The molecule has 4 nitrogen and oxygen atoms in total. The smallest absolute Gasteiger partial charge is 0.255 e. The van der Waals surface area contributed by atoms with Crippen LogP contribution in [0.5, 0.6) is 0 Å². The molecule has 1 amide bonds. The molecule has 0 aliphatic rings. The fourth-order valence-electron chi connectivity index (χ4n) is 1.68. The van der Waals surface area contributed by atoms with Gasteiger partial charge in [0, 0.05) is 12.1 Å². The van der Waals surface area contributed by atoms with Crippen molar-refractivity contribution in [1.82, 2.24) is 5.32 Å². The van der Waals surface area contributed by atoms with Crippen LogP contribution < -0.4 is 11.1 Å². The fourth-order valence-corrected chi connectivity index (χ4v) is 1.82. The van der Waals surface area contributed by atoms with Crippen LogP contribution in [0.25, 0.3) is 0 Å². The molecule has 0 bridgehead atoms. The maximum atomic E-state index is 11.9. The lowest BCUT2D eigenvalue weighted by atomic mass is 10.1. The molecule has 0 aliphatic carbocycles. The predicted octanol–water partition coefficient (Wildman–Crippen LogP) is 2.15. The summed E-state index contributed by atoms with van der Waals surface area (Å²) in [5, 5.41) is 2.83. The van der Waals surface area contributed by atoms with Crippen molar-refractivity contribution >= 4 is 23.1 Å². The number of furan rings is 1. The Morgan fingerprint density at radius 1 is 1.32 bits per heavy atom. The molecule has 0 fully saturated rings. The van der Waals surface area contributed by atoms with Gasteiger partial charge in [0.2, 0.25) is 0 Å². The molecule has 0 spiro atoms. The second-order valence-corrected chi connectivity index (χ2v) is 4.57. The standard InChI is InChI=1S/C14H14N2O2S/c1-9-12(6-7-18-9)14(17)16-8-10-2-4-11(5-3-10)13(15)19/h2-7H,8H2,1H3,(H2,15,19)(H,16,17). The minimum absolute atomic E-state index is 0.148. The molecular weight excluding hydrogens is 260 g/mol. The van der Waals surface area contributed by atoms with Gasteiger partial charge >= 0.3 is 0 Å². The Kier molecular flexibility index (Phi) is 3.97. The van der Waals surface area contributed by atoms with E-state index in [9.17, 15) is 4.79 Å². The zero-order chi connectivity index (χ0) is 13.8. The average Bonchev–Trinajstić information content (AvgIpc) is 2.83. The first-order valence-electron chi connectivity index (χ1n) is 5.79. The largest absolute Gasteiger partial charge is 0.469 e. The highest BCUT2D eigenvalue weighted by molar-refractivity contribution is 7.80. The molecule has 0 saturated heterocycles. The van der Waals surface area contributed by atoms with Crippen LogP contribution >= 0.6 is 12.2 Å². The highest BCUT2D eigenvalue weighted by atomic mass is 32.1. The third-order valence-electron chi connectivity index (χ3n) is 2.79. The van der Waals surface area contributed by atoms with Crippen molar-refractivity contribution in [1.29, 1.82) is 0 Å². The SMILES string of the molecule is Cc1occc1C(=O)NCc1ccc(C(N)=S)cc1. The minimum atomic E-state index is -0.148. The van der Waals surface area contributed by atoms with Crippen molar-refractivity contribution in [3.05, 3.63) is 59.0 Å². The molecule has 1 aromatic carbocycles. The van der Waals surface area contributed by atoms with Crippen LogP contribution in [0.1, 0.15) is 27.2 Å². The minimum Gasteiger partial charge on any atom is -0.469 e. The van der Waals surface area contributed by atoms with Gasteiger partial charge in [-0.25, -0.2) is 0 Å². The topological polar surface area (TPSA) is 68.3 Å². The molecule has 0 atom stereocenters. The van der Waals surface area contributed by atoms with Crippen LogP contribution in [0.4, 0.5) is 0 Å². The van der Waals surface area contributed by atoms with Gasteiger partial charge in [-0.05, 0) is 18.6 Å². The lowest BCUT2D eigenvalue weighted by Gasteiger charge is -2.05. The number of thiocarbonyl (C=S) groups is 1. The van der Waals surface area contributed by atoms with Gasteiger partial charge in [0.15, 0.2) is 0 Å². The molecule has 5 heteroatoms. The van der Waals surface area contributed by atoms with Gasteiger partial charge in [-0.1, -0.05) is 36.5 Å². The van der Waals surface area contributed by atoms with Crippen molar-refractivity contribution in [3.63, 3.8) is 0 Å². The summed E-state index contributed by atoms with van der Waals surface area (Å²) in [5.41, 5.74) is 7.87. The van der Waals surface area contributed by atoms with Crippen molar-refractivity contribution in [2.24, 2.45) is 5.73 Å². The molecule has 3 N–H and O–H groups in total. The lowest BCUT2D eigenvalue weighted by Crippen LogP contribution is -2.23. The molecule has 0 aliphatic heterocycles. The summed E-state index contributed by atoms with van der Waals surface area (Å²) in [7, 11) is 0. The number of carbonyl (C=O) groups excluding carboxylic acids is 1. The zero-order valence-electron chi connectivity index (χ0n) is 10.5. The number of hydrogen-bond acceptors (Lipinski definition) is 3. The Bertz CT molecular complexity index is 602.